The minimum atomic E-state index is 1.04. The fraction of sp³-hybridized carbons (Fsp3) is 0. The van der Waals surface area contributed by atoms with E-state index in [1.807, 2.05) is 24.3 Å². The fourth-order valence-electron chi connectivity index (χ4n) is 1.65. The lowest BCUT2D eigenvalue weighted by molar-refractivity contribution is 1.47. The van der Waals surface area contributed by atoms with Crippen LogP contribution in [0.4, 0.5) is 0 Å². The lowest BCUT2D eigenvalue weighted by Crippen LogP contribution is -1.75. The van der Waals surface area contributed by atoms with Crippen LogP contribution in [0, 0.1) is 0 Å². The molecule has 0 aliphatic carbocycles. The van der Waals surface area contributed by atoms with Gasteiger partial charge in [0.25, 0.3) is 0 Å². The van der Waals surface area contributed by atoms with E-state index in [0.29, 0.717) is 0 Å². The molecule has 0 bridgehead atoms. The van der Waals surface area contributed by atoms with E-state index in [0.717, 1.165) is 25.0 Å². The second-order valence-electron chi connectivity index (χ2n) is 3.64. The van der Waals surface area contributed by atoms with Crippen molar-refractivity contribution in [2.45, 2.75) is 0 Å². The van der Waals surface area contributed by atoms with E-state index in [-0.39, 0.29) is 0 Å². The topological polar surface area (TPSA) is 12.9 Å². The molecule has 0 aliphatic rings. The standard InChI is InChI=1S/C13H7Br2NS/c14-9-3-1-2-8(6-9)13-16-11-7-10(15)4-5-12(11)17-13/h1-7H. The van der Waals surface area contributed by atoms with E-state index >= 15 is 0 Å². The molecule has 0 saturated heterocycles. The summed E-state index contributed by atoms with van der Waals surface area (Å²) in [6.45, 7) is 0. The highest BCUT2D eigenvalue weighted by atomic mass is 79.9. The Kier molecular flexibility index (Phi) is 3.03. The van der Waals surface area contributed by atoms with Gasteiger partial charge < -0.3 is 0 Å². The average Bonchev–Trinajstić information content (AvgIpc) is 2.72. The van der Waals surface area contributed by atoms with Crippen molar-refractivity contribution < 1.29 is 0 Å². The number of rotatable bonds is 1. The summed E-state index contributed by atoms with van der Waals surface area (Å²) in [7, 11) is 0. The number of nitrogens with zero attached hydrogens (tertiary/aromatic N) is 1. The molecule has 84 valence electrons. The first-order valence-electron chi connectivity index (χ1n) is 5.04. The minimum Gasteiger partial charge on any atom is -0.236 e. The summed E-state index contributed by atoms with van der Waals surface area (Å²) >= 11 is 8.67. The van der Waals surface area contributed by atoms with Crippen LogP contribution in [0.25, 0.3) is 20.8 Å². The lowest BCUT2D eigenvalue weighted by Gasteiger charge is -1.95. The molecule has 0 amide bonds. The molecule has 0 fully saturated rings. The van der Waals surface area contributed by atoms with Gasteiger partial charge in [0.1, 0.15) is 5.01 Å². The average molecular weight is 369 g/mol. The predicted molar refractivity (Wildman–Crippen MR) is 80.5 cm³/mol. The first-order valence-corrected chi connectivity index (χ1v) is 7.45. The molecular formula is C13H7Br2NS. The molecule has 0 aliphatic heterocycles. The second kappa shape index (κ2) is 4.52. The maximum Gasteiger partial charge on any atom is 0.124 e. The maximum atomic E-state index is 4.65. The van der Waals surface area contributed by atoms with Crippen molar-refractivity contribution in [1.29, 1.82) is 0 Å². The van der Waals surface area contributed by atoms with Crippen LogP contribution in [0.5, 0.6) is 0 Å². The van der Waals surface area contributed by atoms with Crippen LogP contribution in [0.3, 0.4) is 0 Å². The van der Waals surface area contributed by atoms with Crippen LogP contribution in [0.15, 0.2) is 51.4 Å². The molecule has 1 aromatic heterocycles. The number of hydrogen-bond acceptors (Lipinski definition) is 2. The van der Waals surface area contributed by atoms with Crippen LogP contribution < -0.4 is 0 Å². The van der Waals surface area contributed by atoms with Crippen LogP contribution in [0.1, 0.15) is 0 Å². The monoisotopic (exact) mass is 367 g/mol. The van der Waals surface area contributed by atoms with Crippen LogP contribution in [-0.2, 0) is 0 Å². The maximum absolute atomic E-state index is 4.65. The Morgan fingerprint density at radius 1 is 0.941 bits per heavy atom. The predicted octanol–water partition coefficient (Wildman–Crippen LogP) is 5.49. The molecule has 0 saturated carbocycles. The molecule has 4 heteroatoms. The molecule has 0 radical (unpaired) electrons. The highest BCUT2D eigenvalue weighted by Gasteiger charge is 2.06. The van der Waals surface area contributed by atoms with Crippen LogP contribution in [-0.4, -0.2) is 4.98 Å². The first kappa shape index (κ1) is 11.4. The third kappa shape index (κ3) is 2.30. The van der Waals surface area contributed by atoms with Crippen LogP contribution in [0.2, 0.25) is 0 Å². The number of aromatic nitrogens is 1. The van der Waals surface area contributed by atoms with E-state index < -0.39 is 0 Å². The minimum absolute atomic E-state index is 1.04. The quantitative estimate of drug-likeness (QED) is 0.553. The zero-order valence-corrected chi connectivity index (χ0v) is 12.6. The van der Waals surface area contributed by atoms with Gasteiger partial charge in [-0.1, -0.05) is 44.0 Å². The Hall–Kier alpha value is -0.710. The number of fused-ring (bicyclic) bond motifs is 1. The highest BCUT2D eigenvalue weighted by Crippen LogP contribution is 2.32. The first-order chi connectivity index (χ1) is 8.22. The number of halogens is 2. The summed E-state index contributed by atoms with van der Waals surface area (Å²) in [6.07, 6.45) is 0. The summed E-state index contributed by atoms with van der Waals surface area (Å²) in [5.74, 6) is 0. The zero-order chi connectivity index (χ0) is 11.8. The molecule has 0 spiro atoms. The van der Waals surface area contributed by atoms with Gasteiger partial charge in [-0.3, -0.25) is 0 Å². The third-order valence-electron chi connectivity index (χ3n) is 2.42. The van der Waals surface area contributed by atoms with E-state index in [4.69, 9.17) is 0 Å². The molecule has 1 nitrogen and oxygen atoms in total. The summed E-state index contributed by atoms with van der Waals surface area (Å²) in [6, 6.07) is 14.4. The normalized spacial score (nSPS) is 10.9. The van der Waals surface area contributed by atoms with Crippen molar-refractivity contribution >= 4 is 53.4 Å². The smallest absolute Gasteiger partial charge is 0.124 e. The van der Waals surface area contributed by atoms with Gasteiger partial charge in [-0.05, 0) is 30.3 Å². The summed E-state index contributed by atoms with van der Waals surface area (Å²) in [4.78, 5) is 4.65. The fourth-order valence-corrected chi connectivity index (χ4v) is 3.34. The molecule has 0 N–H and O–H groups in total. The molecule has 0 unspecified atom stereocenters. The van der Waals surface area contributed by atoms with Crippen molar-refractivity contribution in [3.8, 4) is 10.6 Å². The van der Waals surface area contributed by atoms with Crippen molar-refractivity contribution in [3.63, 3.8) is 0 Å². The summed E-state index contributed by atoms with van der Waals surface area (Å²) in [5.41, 5.74) is 2.19. The van der Waals surface area contributed by atoms with Crippen molar-refractivity contribution in [2.75, 3.05) is 0 Å². The third-order valence-corrected chi connectivity index (χ3v) is 4.49. The second-order valence-corrected chi connectivity index (χ2v) is 6.50. The van der Waals surface area contributed by atoms with Gasteiger partial charge in [-0.15, -0.1) is 11.3 Å². The number of benzene rings is 2. The molecular weight excluding hydrogens is 362 g/mol. The summed E-state index contributed by atoms with van der Waals surface area (Å²) < 4.78 is 3.36. The zero-order valence-electron chi connectivity index (χ0n) is 8.65. The SMILES string of the molecule is Brc1cccc(-c2nc3cc(Br)ccc3s2)c1. The molecule has 2 aromatic carbocycles. The highest BCUT2D eigenvalue weighted by molar-refractivity contribution is 9.10. The lowest BCUT2D eigenvalue weighted by atomic mass is 10.2. The largest absolute Gasteiger partial charge is 0.236 e. The Bertz CT molecular complexity index is 691. The number of thiazole rings is 1. The molecule has 3 aromatic rings. The van der Waals surface area contributed by atoms with Gasteiger partial charge >= 0.3 is 0 Å². The van der Waals surface area contributed by atoms with Gasteiger partial charge in [0.05, 0.1) is 10.2 Å². The van der Waals surface area contributed by atoms with Crippen LogP contribution >= 0.6 is 43.2 Å². The Balaban J connectivity index is 2.18. The molecule has 1 heterocycles. The van der Waals surface area contributed by atoms with Gasteiger partial charge in [0, 0.05) is 14.5 Å². The van der Waals surface area contributed by atoms with Gasteiger partial charge in [-0.25, -0.2) is 4.98 Å². The van der Waals surface area contributed by atoms with E-state index in [2.05, 4.69) is 55.0 Å². The van der Waals surface area contributed by atoms with Crippen molar-refractivity contribution in [2.24, 2.45) is 0 Å². The van der Waals surface area contributed by atoms with E-state index in [1.54, 1.807) is 11.3 Å². The van der Waals surface area contributed by atoms with Gasteiger partial charge in [0.2, 0.25) is 0 Å². The van der Waals surface area contributed by atoms with Gasteiger partial charge in [-0.2, -0.15) is 0 Å². The summed E-state index contributed by atoms with van der Waals surface area (Å²) in [5, 5.41) is 1.06. The van der Waals surface area contributed by atoms with Crippen molar-refractivity contribution in [1.82, 2.24) is 4.98 Å². The van der Waals surface area contributed by atoms with E-state index in [9.17, 15) is 0 Å². The Morgan fingerprint density at radius 3 is 2.59 bits per heavy atom. The molecule has 3 rings (SSSR count). The molecule has 0 atom stereocenters. The van der Waals surface area contributed by atoms with Gasteiger partial charge in [0.15, 0.2) is 0 Å². The Labute approximate surface area is 120 Å². The van der Waals surface area contributed by atoms with E-state index in [1.165, 1.54) is 4.70 Å². The molecule has 17 heavy (non-hydrogen) atoms. The Morgan fingerprint density at radius 2 is 1.76 bits per heavy atom. The number of hydrogen-bond donors (Lipinski definition) is 0. The van der Waals surface area contributed by atoms with Crippen molar-refractivity contribution in [3.05, 3.63) is 51.4 Å².